The van der Waals surface area contributed by atoms with E-state index in [0.29, 0.717) is 19.3 Å². The van der Waals surface area contributed by atoms with Crippen molar-refractivity contribution in [2.75, 3.05) is 13.2 Å². The first kappa shape index (κ1) is 63.9. The van der Waals surface area contributed by atoms with Crippen molar-refractivity contribution in [2.45, 2.75) is 329 Å². The Morgan fingerprint density at radius 2 is 0.545 bits per heavy atom. The summed E-state index contributed by atoms with van der Waals surface area (Å²) in [5, 5.41) is 0. The second kappa shape index (κ2) is 55.5. The molecule has 0 aromatic heterocycles. The average Bonchev–Trinajstić information content (AvgIpc) is 3.31. The summed E-state index contributed by atoms with van der Waals surface area (Å²) in [5.74, 6) is -0.856. The lowest BCUT2D eigenvalue weighted by atomic mass is 10.0. The number of rotatable bonds is 54. The Morgan fingerprint density at radius 3 is 0.833 bits per heavy atom. The maximum atomic E-state index is 12.7. The van der Waals surface area contributed by atoms with E-state index in [1.54, 1.807) is 0 Å². The molecule has 0 fully saturated rings. The number of hydrogen-bond acceptors (Lipinski definition) is 6. The summed E-state index contributed by atoms with van der Waals surface area (Å²) in [5.41, 5.74) is 0. The van der Waals surface area contributed by atoms with Crippen LogP contribution in [0.4, 0.5) is 0 Å². The standard InChI is InChI=1S/C60H112O6/c1-4-7-10-13-16-19-20-21-22-23-24-25-26-27-28-29-30-31-32-33-34-35-36-37-38-39-40-42-44-47-50-53-59(62)65-56-57(55-64-58(61)52-49-46-43-18-15-12-9-6-3)66-60(63)54-51-48-45-41-17-14-11-8-5-2/h20-21,23-24,57H,4-19,22,25-56H2,1-3H3/b21-20-,24-23-. The Labute approximate surface area is 411 Å². The molecule has 0 amide bonds. The van der Waals surface area contributed by atoms with Gasteiger partial charge in [0, 0.05) is 19.3 Å². The molecule has 0 saturated carbocycles. The Morgan fingerprint density at radius 1 is 0.303 bits per heavy atom. The molecule has 0 aliphatic heterocycles. The number of esters is 3. The molecule has 0 N–H and O–H groups in total. The number of unbranched alkanes of at least 4 members (excludes halogenated alkanes) is 39. The normalized spacial score (nSPS) is 12.1. The first-order valence-electron chi connectivity index (χ1n) is 29.3. The zero-order chi connectivity index (χ0) is 47.9. The van der Waals surface area contributed by atoms with Crippen LogP contribution in [0.1, 0.15) is 323 Å². The molecule has 0 aliphatic carbocycles. The minimum absolute atomic E-state index is 0.0653. The van der Waals surface area contributed by atoms with Gasteiger partial charge < -0.3 is 14.2 Å². The fourth-order valence-electron chi connectivity index (χ4n) is 8.77. The average molecular weight is 930 g/mol. The highest BCUT2D eigenvalue weighted by molar-refractivity contribution is 5.71. The van der Waals surface area contributed by atoms with E-state index in [1.807, 2.05) is 0 Å². The monoisotopic (exact) mass is 929 g/mol. The number of hydrogen-bond donors (Lipinski definition) is 0. The molecule has 0 radical (unpaired) electrons. The van der Waals surface area contributed by atoms with E-state index in [9.17, 15) is 14.4 Å². The molecule has 388 valence electrons. The molecule has 0 saturated heterocycles. The van der Waals surface area contributed by atoms with Crippen LogP contribution < -0.4 is 0 Å². The van der Waals surface area contributed by atoms with E-state index >= 15 is 0 Å². The van der Waals surface area contributed by atoms with Crippen LogP contribution in [0.2, 0.25) is 0 Å². The van der Waals surface area contributed by atoms with Crippen molar-refractivity contribution < 1.29 is 28.6 Å². The third-order valence-corrected chi connectivity index (χ3v) is 13.2. The van der Waals surface area contributed by atoms with Crippen molar-refractivity contribution in [3.8, 4) is 0 Å². The maximum absolute atomic E-state index is 12.7. The van der Waals surface area contributed by atoms with Gasteiger partial charge in [0.1, 0.15) is 13.2 Å². The predicted molar refractivity (Wildman–Crippen MR) is 284 cm³/mol. The zero-order valence-electron chi connectivity index (χ0n) is 44.5. The zero-order valence-corrected chi connectivity index (χ0v) is 44.5. The summed E-state index contributed by atoms with van der Waals surface area (Å²) >= 11 is 0. The minimum atomic E-state index is -0.761. The molecule has 0 rings (SSSR count). The van der Waals surface area contributed by atoms with Gasteiger partial charge in [0.05, 0.1) is 0 Å². The van der Waals surface area contributed by atoms with Crippen LogP contribution in [0.25, 0.3) is 0 Å². The number of allylic oxidation sites excluding steroid dienone is 4. The van der Waals surface area contributed by atoms with Gasteiger partial charge in [0.15, 0.2) is 6.10 Å². The van der Waals surface area contributed by atoms with Gasteiger partial charge in [-0.15, -0.1) is 0 Å². The van der Waals surface area contributed by atoms with Gasteiger partial charge in [0.2, 0.25) is 0 Å². The van der Waals surface area contributed by atoms with Crippen molar-refractivity contribution in [3.05, 3.63) is 24.3 Å². The first-order chi connectivity index (χ1) is 32.5. The van der Waals surface area contributed by atoms with Gasteiger partial charge in [-0.05, 0) is 51.4 Å². The Hall–Kier alpha value is -2.11. The summed E-state index contributed by atoms with van der Waals surface area (Å²) in [6, 6.07) is 0. The molecule has 1 unspecified atom stereocenters. The first-order valence-corrected chi connectivity index (χ1v) is 29.3. The predicted octanol–water partition coefficient (Wildman–Crippen LogP) is 19.5. The Bertz CT molecular complexity index is 1070. The van der Waals surface area contributed by atoms with Gasteiger partial charge in [-0.1, -0.05) is 276 Å². The van der Waals surface area contributed by atoms with Crippen molar-refractivity contribution in [1.29, 1.82) is 0 Å². The molecule has 0 aromatic rings. The molecule has 0 aromatic carbocycles. The quantitative estimate of drug-likeness (QED) is 0.0262. The van der Waals surface area contributed by atoms with E-state index in [1.165, 1.54) is 218 Å². The van der Waals surface area contributed by atoms with Crippen molar-refractivity contribution in [3.63, 3.8) is 0 Å². The van der Waals surface area contributed by atoms with Crippen molar-refractivity contribution in [2.24, 2.45) is 0 Å². The van der Waals surface area contributed by atoms with E-state index in [-0.39, 0.29) is 31.1 Å². The van der Waals surface area contributed by atoms with Crippen LogP contribution in [0.5, 0.6) is 0 Å². The molecule has 0 heterocycles. The molecule has 0 spiro atoms. The highest BCUT2D eigenvalue weighted by Crippen LogP contribution is 2.17. The fraction of sp³-hybridized carbons (Fsp3) is 0.883. The third kappa shape index (κ3) is 52.9. The van der Waals surface area contributed by atoms with Crippen LogP contribution in [0, 0.1) is 0 Å². The van der Waals surface area contributed by atoms with E-state index < -0.39 is 6.10 Å². The van der Waals surface area contributed by atoms with Crippen LogP contribution in [0.15, 0.2) is 24.3 Å². The van der Waals surface area contributed by atoms with Crippen LogP contribution >= 0.6 is 0 Å². The third-order valence-electron chi connectivity index (χ3n) is 13.2. The smallest absolute Gasteiger partial charge is 0.306 e. The Kier molecular flexibility index (Phi) is 53.7. The van der Waals surface area contributed by atoms with Gasteiger partial charge in [0.25, 0.3) is 0 Å². The molecule has 1 atom stereocenters. The van der Waals surface area contributed by atoms with E-state index in [0.717, 1.165) is 64.2 Å². The largest absolute Gasteiger partial charge is 0.462 e. The van der Waals surface area contributed by atoms with Gasteiger partial charge in [-0.2, -0.15) is 0 Å². The lowest BCUT2D eigenvalue weighted by molar-refractivity contribution is -0.167. The lowest BCUT2D eigenvalue weighted by Gasteiger charge is -2.18. The number of carbonyl (C=O) groups is 3. The molecule has 0 bridgehead atoms. The molecule has 0 aliphatic rings. The highest BCUT2D eigenvalue weighted by atomic mass is 16.6. The lowest BCUT2D eigenvalue weighted by Crippen LogP contribution is -2.30. The molecule has 6 heteroatoms. The minimum Gasteiger partial charge on any atom is -0.462 e. The number of ether oxygens (including phenoxy) is 3. The molecule has 6 nitrogen and oxygen atoms in total. The van der Waals surface area contributed by atoms with Crippen LogP contribution in [-0.4, -0.2) is 37.2 Å². The van der Waals surface area contributed by atoms with E-state index in [2.05, 4.69) is 45.1 Å². The SMILES string of the molecule is CCCCCCC/C=C\C/C=C\CCCCCCCCCCCCCCCCCCCCCC(=O)OCC(COC(=O)CCCCCCCCCC)OC(=O)CCCCCCCCCCC. The topological polar surface area (TPSA) is 78.9 Å². The summed E-state index contributed by atoms with van der Waals surface area (Å²) in [6.45, 7) is 6.61. The second-order valence-corrected chi connectivity index (χ2v) is 19.9. The van der Waals surface area contributed by atoms with Crippen molar-refractivity contribution >= 4 is 17.9 Å². The van der Waals surface area contributed by atoms with Crippen LogP contribution in [0.3, 0.4) is 0 Å². The second-order valence-electron chi connectivity index (χ2n) is 19.9. The summed E-state index contributed by atoms with van der Waals surface area (Å²) < 4.78 is 16.7. The van der Waals surface area contributed by atoms with Gasteiger partial charge in [-0.3, -0.25) is 14.4 Å². The molecular weight excluding hydrogens is 817 g/mol. The number of carbonyl (C=O) groups excluding carboxylic acids is 3. The molecular formula is C60H112O6. The van der Waals surface area contributed by atoms with Gasteiger partial charge in [-0.25, -0.2) is 0 Å². The summed E-state index contributed by atoms with van der Waals surface area (Å²) in [7, 11) is 0. The van der Waals surface area contributed by atoms with Gasteiger partial charge >= 0.3 is 17.9 Å². The van der Waals surface area contributed by atoms with Crippen LogP contribution in [-0.2, 0) is 28.6 Å². The maximum Gasteiger partial charge on any atom is 0.306 e. The highest BCUT2D eigenvalue weighted by Gasteiger charge is 2.19. The fourth-order valence-corrected chi connectivity index (χ4v) is 8.77. The Balaban J connectivity index is 3.91. The van der Waals surface area contributed by atoms with Crippen molar-refractivity contribution in [1.82, 2.24) is 0 Å². The molecule has 66 heavy (non-hydrogen) atoms. The summed E-state index contributed by atoms with van der Waals surface area (Å²) in [4.78, 5) is 37.8. The van der Waals surface area contributed by atoms with E-state index in [4.69, 9.17) is 14.2 Å². The summed E-state index contributed by atoms with van der Waals surface area (Å²) in [6.07, 6.45) is 65.1.